The highest BCUT2D eigenvalue weighted by Gasteiger charge is 2.34. The number of nitrogens with two attached hydrogens (primary N) is 1. The molecule has 3 unspecified atom stereocenters. The Labute approximate surface area is 138 Å². The zero-order chi connectivity index (χ0) is 16.8. The molecule has 1 aliphatic rings. The van der Waals surface area contributed by atoms with Gasteiger partial charge < -0.3 is 16.0 Å². The van der Waals surface area contributed by atoms with Crippen LogP contribution in [-0.2, 0) is 9.59 Å². The van der Waals surface area contributed by atoms with Gasteiger partial charge in [0.15, 0.2) is 0 Å². The van der Waals surface area contributed by atoms with E-state index in [0.29, 0.717) is 6.54 Å². The molecule has 2 rings (SSSR count). The van der Waals surface area contributed by atoms with Crippen molar-refractivity contribution in [2.75, 3.05) is 11.9 Å². The van der Waals surface area contributed by atoms with E-state index in [1.807, 2.05) is 37.3 Å². The van der Waals surface area contributed by atoms with E-state index in [0.717, 1.165) is 31.4 Å². The van der Waals surface area contributed by atoms with Gasteiger partial charge in [0.05, 0.1) is 0 Å². The average Bonchev–Trinajstić information content (AvgIpc) is 2.99. The number of anilines is 1. The van der Waals surface area contributed by atoms with Crippen LogP contribution in [0.4, 0.5) is 5.69 Å². The van der Waals surface area contributed by atoms with Crippen LogP contribution in [0.5, 0.6) is 0 Å². The zero-order valence-electron chi connectivity index (χ0n) is 14.0. The van der Waals surface area contributed by atoms with E-state index >= 15 is 0 Å². The minimum atomic E-state index is -0.487. The zero-order valence-corrected chi connectivity index (χ0v) is 14.0. The molecule has 0 bridgehead atoms. The lowest BCUT2D eigenvalue weighted by molar-refractivity contribution is -0.141. The molecule has 0 saturated heterocycles. The molecule has 1 aliphatic carbocycles. The molecule has 3 N–H and O–H groups in total. The lowest BCUT2D eigenvalue weighted by Gasteiger charge is -2.30. The van der Waals surface area contributed by atoms with E-state index in [9.17, 15) is 9.59 Å². The maximum Gasteiger partial charge on any atom is 0.246 e. The molecule has 1 saturated carbocycles. The van der Waals surface area contributed by atoms with Crippen LogP contribution in [0.1, 0.15) is 39.5 Å². The molecular formula is C18H27N3O2. The van der Waals surface area contributed by atoms with Crippen LogP contribution in [0.15, 0.2) is 30.3 Å². The number of amides is 2. The van der Waals surface area contributed by atoms with Gasteiger partial charge in [0.1, 0.15) is 6.04 Å². The monoisotopic (exact) mass is 317 g/mol. The Bertz CT molecular complexity index is 532. The van der Waals surface area contributed by atoms with Gasteiger partial charge in [-0.25, -0.2) is 0 Å². The highest BCUT2D eigenvalue weighted by Crippen LogP contribution is 2.27. The Morgan fingerprint density at radius 2 is 2.00 bits per heavy atom. The Hall–Kier alpha value is -1.88. The molecule has 23 heavy (non-hydrogen) atoms. The van der Waals surface area contributed by atoms with Crippen molar-refractivity contribution in [2.24, 2.45) is 11.7 Å². The fraction of sp³-hybridized carbons (Fsp3) is 0.556. The van der Waals surface area contributed by atoms with Crippen LogP contribution >= 0.6 is 0 Å². The second-order valence-electron chi connectivity index (χ2n) is 6.33. The number of carbonyl (C=O) groups is 2. The van der Waals surface area contributed by atoms with E-state index in [-0.39, 0.29) is 23.8 Å². The quantitative estimate of drug-likeness (QED) is 0.846. The summed E-state index contributed by atoms with van der Waals surface area (Å²) in [6.07, 6.45) is 3.27. The summed E-state index contributed by atoms with van der Waals surface area (Å²) in [5.74, 6) is -0.126. The van der Waals surface area contributed by atoms with Crippen molar-refractivity contribution in [3.05, 3.63) is 30.3 Å². The summed E-state index contributed by atoms with van der Waals surface area (Å²) in [6, 6.07) is 8.94. The lowest BCUT2D eigenvalue weighted by atomic mass is 10.0. The largest absolute Gasteiger partial charge is 0.331 e. The molecular weight excluding hydrogens is 290 g/mol. The second kappa shape index (κ2) is 8.11. The average molecular weight is 317 g/mol. The molecule has 5 nitrogen and oxygen atoms in total. The van der Waals surface area contributed by atoms with Gasteiger partial charge in [-0.3, -0.25) is 9.59 Å². The van der Waals surface area contributed by atoms with Gasteiger partial charge in [0.25, 0.3) is 0 Å². The van der Waals surface area contributed by atoms with E-state index in [1.54, 1.807) is 11.8 Å². The van der Waals surface area contributed by atoms with Crippen molar-refractivity contribution in [1.29, 1.82) is 0 Å². The minimum absolute atomic E-state index is 0.0384. The Morgan fingerprint density at radius 3 is 2.57 bits per heavy atom. The molecule has 1 fully saturated rings. The van der Waals surface area contributed by atoms with Gasteiger partial charge in [-0.05, 0) is 44.7 Å². The minimum Gasteiger partial charge on any atom is -0.331 e. The second-order valence-corrected chi connectivity index (χ2v) is 6.33. The predicted molar refractivity (Wildman–Crippen MR) is 91.9 cm³/mol. The van der Waals surface area contributed by atoms with E-state index in [2.05, 4.69) is 5.32 Å². The van der Waals surface area contributed by atoms with Gasteiger partial charge >= 0.3 is 0 Å². The number of hydrogen-bond acceptors (Lipinski definition) is 3. The molecule has 3 atom stereocenters. The molecule has 1 aromatic rings. The lowest BCUT2D eigenvalue weighted by Crippen LogP contribution is -2.48. The first-order valence-corrected chi connectivity index (χ1v) is 8.45. The van der Waals surface area contributed by atoms with Gasteiger partial charge in [-0.2, -0.15) is 0 Å². The molecule has 1 aromatic carbocycles. The summed E-state index contributed by atoms with van der Waals surface area (Å²) in [6.45, 7) is 4.40. The van der Waals surface area contributed by atoms with E-state index in [1.165, 1.54) is 0 Å². The van der Waals surface area contributed by atoms with Crippen LogP contribution in [0.25, 0.3) is 0 Å². The summed E-state index contributed by atoms with van der Waals surface area (Å²) in [5.41, 5.74) is 6.67. The third-order valence-corrected chi connectivity index (χ3v) is 4.46. The highest BCUT2D eigenvalue weighted by atomic mass is 16.2. The van der Waals surface area contributed by atoms with E-state index in [4.69, 9.17) is 5.73 Å². The molecule has 5 heteroatoms. The maximum absolute atomic E-state index is 12.8. The van der Waals surface area contributed by atoms with Crippen LogP contribution in [0.3, 0.4) is 0 Å². The van der Waals surface area contributed by atoms with Gasteiger partial charge in [0.2, 0.25) is 11.8 Å². The Balaban J connectivity index is 2.03. The number of nitrogens with zero attached hydrogens (tertiary/aromatic N) is 1. The molecule has 0 heterocycles. The van der Waals surface area contributed by atoms with Crippen molar-refractivity contribution >= 4 is 17.5 Å². The summed E-state index contributed by atoms with van der Waals surface area (Å²) in [7, 11) is 0. The first-order valence-electron chi connectivity index (χ1n) is 8.45. The number of benzene rings is 1. The molecule has 126 valence electrons. The summed E-state index contributed by atoms with van der Waals surface area (Å²) >= 11 is 0. The summed E-state index contributed by atoms with van der Waals surface area (Å²) < 4.78 is 0. The molecule has 0 spiro atoms. The standard InChI is InChI=1S/C18H27N3O2/c1-3-11-21(18(23)14-9-10-15(19)12-14)13(2)17(22)20-16-7-5-4-6-8-16/h4-8,13-15H,3,9-12,19H2,1-2H3,(H,20,22). The smallest absolute Gasteiger partial charge is 0.246 e. The first kappa shape index (κ1) is 17.5. The third kappa shape index (κ3) is 4.55. The summed E-state index contributed by atoms with van der Waals surface area (Å²) in [4.78, 5) is 27.0. The molecule has 2 amide bonds. The van der Waals surface area contributed by atoms with E-state index < -0.39 is 6.04 Å². The Morgan fingerprint density at radius 1 is 1.30 bits per heavy atom. The van der Waals surface area contributed by atoms with Gasteiger partial charge in [-0.15, -0.1) is 0 Å². The number of rotatable bonds is 6. The SMILES string of the molecule is CCCN(C(=O)C1CCC(N)C1)C(C)C(=O)Nc1ccccc1. The first-order chi connectivity index (χ1) is 11.0. The van der Waals surface area contributed by atoms with Crippen molar-refractivity contribution < 1.29 is 9.59 Å². The third-order valence-electron chi connectivity index (χ3n) is 4.46. The van der Waals surface area contributed by atoms with Crippen LogP contribution in [0.2, 0.25) is 0 Å². The van der Waals surface area contributed by atoms with Crippen molar-refractivity contribution in [2.45, 2.75) is 51.6 Å². The number of para-hydroxylation sites is 1. The fourth-order valence-corrected chi connectivity index (χ4v) is 3.12. The summed E-state index contributed by atoms with van der Waals surface area (Å²) in [5, 5.41) is 2.88. The van der Waals surface area contributed by atoms with Crippen molar-refractivity contribution in [3.8, 4) is 0 Å². The Kier molecular flexibility index (Phi) is 6.16. The number of nitrogens with one attached hydrogen (secondary N) is 1. The number of carbonyl (C=O) groups excluding carboxylic acids is 2. The topological polar surface area (TPSA) is 75.4 Å². The molecule has 0 aliphatic heterocycles. The van der Waals surface area contributed by atoms with Crippen molar-refractivity contribution in [3.63, 3.8) is 0 Å². The van der Waals surface area contributed by atoms with Gasteiger partial charge in [0, 0.05) is 24.2 Å². The normalized spacial score (nSPS) is 21.7. The van der Waals surface area contributed by atoms with Crippen LogP contribution in [0, 0.1) is 5.92 Å². The highest BCUT2D eigenvalue weighted by molar-refractivity contribution is 5.97. The maximum atomic E-state index is 12.8. The van der Waals surface area contributed by atoms with Crippen molar-refractivity contribution in [1.82, 2.24) is 4.90 Å². The van der Waals surface area contributed by atoms with Gasteiger partial charge in [-0.1, -0.05) is 25.1 Å². The molecule has 0 aromatic heterocycles. The van der Waals surface area contributed by atoms with Crippen LogP contribution < -0.4 is 11.1 Å². The molecule has 0 radical (unpaired) electrons. The number of hydrogen-bond donors (Lipinski definition) is 2. The van der Waals surface area contributed by atoms with Crippen LogP contribution in [-0.4, -0.2) is 35.3 Å². The fourth-order valence-electron chi connectivity index (χ4n) is 3.12. The predicted octanol–water partition coefficient (Wildman–Crippen LogP) is 2.38.